The topological polar surface area (TPSA) is 59.8 Å². The second-order valence-corrected chi connectivity index (χ2v) is 6.14. The van der Waals surface area contributed by atoms with Gasteiger partial charge in [0.15, 0.2) is 5.43 Å². The number of nitrogens with zero attached hydrogens (tertiary/aromatic N) is 1. The molecule has 0 fully saturated rings. The molecule has 0 bridgehead atoms. The summed E-state index contributed by atoms with van der Waals surface area (Å²) in [4.78, 5) is 27.1. The van der Waals surface area contributed by atoms with E-state index in [2.05, 4.69) is 0 Å². The average Bonchev–Trinajstić information content (AvgIpc) is 2.88. The minimum absolute atomic E-state index is 0.00317. The zero-order valence-electron chi connectivity index (χ0n) is 14.3. The van der Waals surface area contributed by atoms with Crippen molar-refractivity contribution < 1.29 is 18.3 Å². The van der Waals surface area contributed by atoms with Crippen LogP contribution in [0.5, 0.6) is 5.75 Å². The number of ether oxygens (including phenoxy) is 1. The third-order valence-electron chi connectivity index (χ3n) is 4.55. The number of halogens is 1. The van der Waals surface area contributed by atoms with Gasteiger partial charge in [0.05, 0.1) is 23.6 Å². The first kappa shape index (κ1) is 16.3. The van der Waals surface area contributed by atoms with Crippen LogP contribution in [0, 0.1) is 5.82 Å². The molecular formula is C20H16FNO4. The van der Waals surface area contributed by atoms with Crippen LogP contribution in [0.25, 0.3) is 11.0 Å². The summed E-state index contributed by atoms with van der Waals surface area (Å²) in [5.41, 5.74) is 0.753. The Morgan fingerprint density at radius 2 is 2.00 bits per heavy atom. The summed E-state index contributed by atoms with van der Waals surface area (Å²) in [6.07, 6.45) is 0. The molecule has 5 nitrogen and oxygen atoms in total. The van der Waals surface area contributed by atoms with E-state index >= 15 is 0 Å². The molecule has 0 aliphatic carbocycles. The highest BCUT2D eigenvalue weighted by Crippen LogP contribution is 2.37. The molecule has 6 heteroatoms. The van der Waals surface area contributed by atoms with Crippen LogP contribution in [0.15, 0.2) is 51.7 Å². The maximum atomic E-state index is 13.6. The highest BCUT2D eigenvalue weighted by molar-refractivity contribution is 5.98. The molecule has 132 valence electrons. The van der Waals surface area contributed by atoms with Gasteiger partial charge in [-0.1, -0.05) is 12.1 Å². The molecule has 1 aliphatic rings. The predicted octanol–water partition coefficient (Wildman–Crippen LogP) is 3.51. The molecule has 2 aromatic carbocycles. The Morgan fingerprint density at radius 1 is 1.19 bits per heavy atom. The summed E-state index contributed by atoms with van der Waals surface area (Å²) in [7, 11) is 1.61. The maximum Gasteiger partial charge on any atom is 0.290 e. The molecule has 1 aliphatic heterocycles. The van der Waals surface area contributed by atoms with Crippen molar-refractivity contribution in [2.75, 3.05) is 13.7 Å². The Labute approximate surface area is 148 Å². The van der Waals surface area contributed by atoms with Crippen LogP contribution in [-0.4, -0.2) is 24.5 Å². The number of carbonyl (C=O) groups excluding carboxylic acids is 1. The normalized spacial score (nSPS) is 16.2. The monoisotopic (exact) mass is 353 g/mol. The summed E-state index contributed by atoms with van der Waals surface area (Å²) in [5.74, 6) is -0.258. The second kappa shape index (κ2) is 5.98. The molecule has 2 heterocycles. The van der Waals surface area contributed by atoms with E-state index in [1.54, 1.807) is 19.2 Å². The van der Waals surface area contributed by atoms with Gasteiger partial charge in [0.1, 0.15) is 17.1 Å². The number of amides is 1. The van der Waals surface area contributed by atoms with Gasteiger partial charge in [-0.3, -0.25) is 9.59 Å². The fraction of sp³-hybridized carbons (Fsp3) is 0.200. The molecule has 3 aromatic rings. The smallest absolute Gasteiger partial charge is 0.290 e. The molecule has 0 unspecified atom stereocenters. The minimum atomic E-state index is -0.609. The highest BCUT2D eigenvalue weighted by atomic mass is 19.1. The fourth-order valence-corrected chi connectivity index (χ4v) is 3.39. The van der Waals surface area contributed by atoms with Crippen LogP contribution in [0.4, 0.5) is 4.39 Å². The number of rotatable bonds is 3. The quantitative estimate of drug-likeness (QED) is 0.723. The van der Waals surface area contributed by atoms with E-state index in [1.165, 1.54) is 17.0 Å². The lowest BCUT2D eigenvalue weighted by Gasteiger charge is -2.20. The van der Waals surface area contributed by atoms with Gasteiger partial charge in [-0.25, -0.2) is 4.39 Å². The van der Waals surface area contributed by atoms with E-state index in [1.807, 2.05) is 19.1 Å². The van der Waals surface area contributed by atoms with Crippen molar-refractivity contribution in [2.45, 2.75) is 13.0 Å². The first-order chi connectivity index (χ1) is 12.5. The lowest BCUT2D eigenvalue weighted by Crippen LogP contribution is -2.25. The van der Waals surface area contributed by atoms with Crippen LogP contribution >= 0.6 is 0 Å². The summed E-state index contributed by atoms with van der Waals surface area (Å²) >= 11 is 0. The summed E-state index contributed by atoms with van der Waals surface area (Å²) < 4.78 is 24.8. The largest absolute Gasteiger partial charge is 0.494 e. The van der Waals surface area contributed by atoms with Crippen molar-refractivity contribution in [1.29, 1.82) is 0 Å². The highest BCUT2D eigenvalue weighted by Gasteiger charge is 2.40. The van der Waals surface area contributed by atoms with Gasteiger partial charge in [-0.2, -0.15) is 0 Å². The number of hydrogen-bond acceptors (Lipinski definition) is 4. The minimum Gasteiger partial charge on any atom is -0.494 e. The van der Waals surface area contributed by atoms with Crippen molar-refractivity contribution in [1.82, 2.24) is 4.90 Å². The van der Waals surface area contributed by atoms with Crippen LogP contribution in [0.1, 0.15) is 34.6 Å². The van der Waals surface area contributed by atoms with Gasteiger partial charge in [0, 0.05) is 7.05 Å². The molecule has 4 rings (SSSR count). The number of benzene rings is 2. The fourth-order valence-electron chi connectivity index (χ4n) is 3.39. The number of fused-ring (bicyclic) bond motifs is 2. The van der Waals surface area contributed by atoms with Crippen molar-refractivity contribution in [3.8, 4) is 5.75 Å². The zero-order chi connectivity index (χ0) is 18.4. The van der Waals surface area contributed by atoms with Gasteiger partial charge >= 0.3 is 0 Å². The number of carbonyl (C=O) groups is 1. The van der Waals surface area contributed by atoms with Crippen LogP contribution in [0.2, 0.25) is 0 Å². The molecule has 0 spiro atoms. The summed E-state index contributed by atoms with van der Waals surface area (Å²) in [5, 5.41) is 0.123. The van der Waals surface area contributed by atoms with E-state index in [0.29, 0.717) is 12.4 Å². The lowest BCUT2D eigenvalue weighted by atomic mass is 9.98. The maximum absolute atomic E-state index is 13.6. The van der Waals surface area contributed by atoms with E-state index in [0.717, 1.165) is 11.6 Å². The van der Waals surface area contributed by atoms with Crippen molar-refractivity contribution >= 4 is 16.9 Å². The van der Waals surface area contributed by atoms with Crippen molar-refractivity contribution in [2.24, 2.45) is 0 Å². The Kier molecular flexibility index (Phi) is 3.76. The first-order valence-corrected chi connectivity index (χ1v) is 8.27. The zero-order valence-corrected chi connectivity index (χ0v) is 14.3. The van der Waals surface area contributed by atoms with Gasteiger partial charge in [-0.15, -0.1) is 0 Å². The first-order valence-electron chi connectivity index (χ1n) is 8.27. The van der Waals surface area contributed by atoms with Crippen LogP contribution in [0.3, 0.4) is 0 Å². The van der Waals surface area contributed by atoms with Crippen molar-refractivity contribution in [3.05, 3.63) is 75.4 Å². The second-order valence-electron chi connectivity index (χ2n) is 6.14. The predicted molar refractivity (Wildman–Crippen MR) is 94.0 cm³/mol. The molecular weight excluding hydrogens is 337 g/mol. The number of hydrogen-bond donors (Lipinski definition) is 0. The van der Waals surface area contributed by atoms with Crippen LogP contribution in [-0.2, 0) is 0 Å². The standard InChI is InChI=1S/C20H16FNO4/c1-3-25-13-6-4-5-11(9-13)17-16-18(23)14-10-12(21)7-8-15(14)26-19(16)20(24)22(17)2/h4-10,17H,3H2,1-2H3/t17-/m1/s1. The Morgan fingerprint density at radius 3 is 2.77 bits per heavy atom. The van der Waals surface area contributed by atoms with Gasteiger partial charge in [0.2, 0.25) is 5.76 Å². The molecule has 1 aromatic heterocycles. The SMILES string of the molecule is CCOc1cccc([C@@H]2c3c(oc4ccc(F)cc4c3=O)C(=O)N2C)c1. The summed E-state index contributed by atoms with van der Waals surface area (Å²) in [6, 6.07) is 10.3. The molecule has 1 atom stereocenters. The van der Waals surface area contributed by atoms with Crippen molar-refractivity contribution in [3.63, 3.8) is 0 Å². The van der Waals surface area contributed by atoms with E-state index in [4.69, 9.17) is 9.15 Å². The molecule has 1 amide bonds. The third-order valence-corrected chi connectivity index (χ3v) is 4.55. The average molecular weight is 353 g/mol. The van der Waals surface area contributed by atoms with Crippen LogP contribution < -0.4 is 10.2 Å². The van der Waals surface area contributed by atoms with E-state index < -0.39 is 17.3 Å². The molecule has 26 heavy (non-hydrogen) atoms. The molecule has 0 radical (unpaired) electrons. The molecule has 0 saturated heterocycles. The Balaban J connectivity index is 1.96. The van der Waals surface area contributed by atoms with E-state index in [-0.39, 0.29) is 28.2 Å². The van der Waals surface area contributed by atoms with E-state index in [9.17, 15) is 14.0 Å². The summed E-state index contributed by atoms with van der Waals surface area (Å²) in [6.45, 7) is 2.38. The van der Waals surface area contributed by atoms with Gasteiger partial charge in [0.25, 0.3) is 5.91 Å². The molecule has 0 N–H and O–H groups in total. The van der Waals surface area contributed by atoms with Gasteiger partial charge in [-0.05, 0) is 42.8 Å². The Hall–Kier alpha value is -3.15. The van der Waals surface area contributed by atoms with Gasteiger partial charge < -0.3 is 14.1 Å². The third kappa shape index (κ3) is 2.37. The molecule has 0 saturated carbocycles. The lowest BCUT2D eigenvalue weighted by molar-refractivity contribution is 0.0771. The Bertz CT molecular complexity index is 1090.